The van der Waals surface area contributed by atoms with Crippen LogP contribution in [0.3, 0.4) is 0 Å². The van der Waals surface area contributed by atoms with Gasteiger partial charge in [0, 0.05) is 25.5 Å². The number of nitrogens with zero attached hydrogens (tertiary/aromatic N) is 1. The quantitative estimate of drug-likeness (QED) is 0.730. The third-order valence-corrected chi connectivity index (χ3v) is 3.69. The van der Waals surface area contributed by atoms with Crippen LogP contribution in [0.25, 0.3) is 11.0 Å². The molecule has 0 fully saturated rings. The molecule has 0 unspecified atom stereocenters. The summed E-state index contributed by atoms with van der Waals surface area (Å²) in [5.41, 5.74) is 2.34. The van der Waals surface area contributed by atoms with E-state index in [0.717, 1.165) is 22.9 Å². The maximum atomic E-state index is 13.1. The van der Waals surface area contributed by atoms with Crippen molar-refractivity contribution in [2.75, 3.05) is 6.54 Å². The highest BCUT2D eigenvalue weighted by Crippen LogP contribution is 2.11. The number of carbonyl (C=O) groups is 1. The summed E-state index contributed by atoms with van der Waals surface area (Å²) < 4.78 is 26.1. The van der Waals surface area contributed by atoms with Gasteiger partial charge in [-0.3, -0.25) is 4.79 Å². The van der Waals surface area contributed by atoms with Crippen LogP contribution < -0.4 is 5.32 Å². The second-order valence-corrected chi connectivity index (χ2v) is 5.58. The summed E-state index contributed by atoms with van der Waals surface area (Å²) in [5, 5.41) is 2.75. The molecular weight excluding hydrogens is 312 g/mol. The Labute approximate surface area is 137 Å². The largest absolute Gasteiger partial charge is 0.356 e. The first-order valence-electron chi connectivity index (χ1n) is 7.75. The van der Waals surface area contributed by atoms with Crippen molar-refractivity contribution in [2.24, 2.45) is 0 Å². The van der Waals surface area contributed by atoms with Gasteiger partial charge in [-0.1, -0.05) is 12.1 Å². The van der Waals surface area contributed by atoms with E-state index in [0.29, 0.717) is 31.4 Å². The maximum absolute atomic E-state index is 13.1. The van der Waals surface area contributed by atoms with E-state index >= 15 is 0 Å². The monoisotopic (exact) mass is 329 g/mol. The second-order valence-electron chi connectivity index (χ2n) is 5.58. The molecule has 4 nitrogen and oxygen atoms in total. The molecule has 24 heavy (non-hydrogen) atoms. The zero-order valence-electron chi connectivity index (χ0n) is 13.0. The van der Waals surface area contributed by atoms with Gasteiger partial charge in [-0.25, -0.2) is 13.8 Å². The first-order chi connectivity index (χ1) is 11.6. The molecule has 0 radical (unpaired) electrons. The van der Waals surface area contributed by atoms with Crippen molar-refractivity contribution in [2.45, 2.75) is 19.3 Å². The number of fused-ring (bicyclic) bond motifs is 1. The number of halogens is 2. The van der Waals surface area contributed by atoms with Gasteiger partial charge in [0.05, 0.1) is 11.0 Å². The molecule has 1 aromatic heterocycles. The summed E-state index contributed by atoms with van der Waals surface area (Å²) in [4.78, 5) is 19.4. The van der Waals surface area contributed by atoms with Crippen LogP contribution in [0, 0.1) is 11.6 Å². The van der Waals surface area contributed by atoms with Gasteiger partial charge in [-0.05, 0) is 36.2 Å². The summed E-state index contributed by atoms with van der Waals surface area (Å²) in [6.07, 6.45) is 1.19. The van der Waals surface area contributed by atoms with E-state index in [4.69, 9.17) is 0 Å². The minimum absolute atomic E-state index is 0.118. The zero-order valence-corrected chi connectivity index (χ0v) is 13.0. The number of aromatic amines is 1. The number of hydrogen-bond acceptors (Lipinski definition) is 2. The highest BCUT2D eigenvalue weighted by molar-refractivity contribution is 5.77. The fourth-order valence-corrected chi connectivity index (χ4v) is 2.55. The molecule has 0 bridgehead atoms. The molecule has 3 aromatic rings. The Bertz CT molecular complexity index is 807. The topological polar surface area (TPSA) is 57.8 Å². The number of amides is 1. The van der Waals surface area contributed by atoms with Crippen molar-refractivity contribution in [1.82, 2.24) is 15.3 Å². The smallest absolute Gasteiger partial charge is 0.220 e. The van der Waals surface area contributed by atoms with Crippen LogP contribution in [0.1, 0.15) is 17.8 Å². The van der Waals surface area contributed by atoms with E-state index in [-0.39, 0.29) is 5.91 Å². The van der Waals surface area contributed by atoms with Gasteiger partial charge in [0.25, 0.3) is 0 Å². The fraction of sp³-hybridized carbons (Fsp3) is 0.222. The second kappa shape index (κ2) is 7.21. The van der Waals surface area contributed by atoms with Gasteiger partial charge in [0.2, 0.25) is 5.91 Å². The number of rotatable bonds is 6. The van der Waals surface area contributed by atoms with Gasteiger partial charge < -0.3 is 10.3 Å². The third kappa shape index (κ3) is 4.16. The summed E-state index contributed by atoms with van der Waals surface area (Å²) in [6.45, 7) is 0.335. The number of aryl methyl sites for hydroxylation is 1. The molecule has 0 aliphatic heterocycles. The molecule has 1 heterocycles. The number of hydrogen-bond donors (Lipinski definition) is 2. The minimum Gasteiger partial charge on any atom is -0.356 e. The summed E-state index contributed by atoms with van der Waals surface area (Å²) in [6, 6.07) is 11.0. The first kappa shape index (κ1) is 16.1. The molecule has 0 saturated carbocycles. The maximum Gasteiger partial charge on any atom is 0.220 e. The predicted octanol–water partition coefficient (Wildman–Crippen LogP) is 3.13. The number of imidazole rings is 1. The normalized spacial score (nSPS) is 10.9. The van der Waals surface area contributed by atoms with Crippen molar-refractivity contribution < 1.29 is 13.6 Å². The third-order valence-electron chi connectivity index (χ3n) is 3.69. The lowest BCUT2D eigenvalue weighted by molar-refractivity contribution is -0.121. The van der Waals surface area contributed by atoms with Crippen molar-refractivity contribution >= 4 is 16.9 Å². The van der Waals surface area contributed by atoms with Gasteiger partial charge in [-0.2, -0.15) is 0 Å². The average molecular weight is 329 g/mol. The van der Waals surface area contributed by atoms with E-state index in [9.17, 15) is 13.6 Å². The van der Waals surface area contributed by atoms with Crippen molar-refractivity contribution in [1.29, 1.82) is 0 Å². The summed E-state index contributed by atoms with van der Waals surface area (Å²) in [5.74, 6) is -0.576. The molecule has 0 spiro atoms. The van der Waals surface area contributed by atoms with Crippen LogP contribution in [-0.2, 0) is 17.6 Å². The molecule has 1 amide bonds. The number of benzene rings is 2. The first-order valence-corrected chi connectivity index (χ1v) is 7.75. The van der Waals surface area contributed by atoms with E-state index in [1.807, 2.05) is 24.3 Å². The minimum atomic E-state index is -0.610. The van der Waals surface area contributed by atoms with Crippen molar-refractivity contribution in [3.63, 3.8) is 0 Å². The molecule has 0 aliphatic rings. The average Bonchev–Trinajstić information content (AvgIpc) is 2.95. The molecular formula is C18H17F2N3O. The number of aromatic nitrogens is 2. The molecule has 2 N–H and O–H groups in total. The summed E-state index contributed by atoms with van der Waals surface area (Å²) in [7, 11) is 0. The standard InChI is InChI=1S/C18H17F2N3O/c19-13-9-12(10-14(20)11-13)7-8-21-18(24)6-5-17-22-15-3-1-2-4-16(15)23-17/h1-4,9-11H,5-8H2,(H,21,24)(H,22,23). The van der Waals surface area contributed by atoms with E-state index in [1.54, 1.807) is 0 Å². The Morgan fingerprint density at radius 2 is 1.83 bits per heavy atom. The number of para-hydroxylation sites is 2. The Balaban J connectivity index is 1.45. The van der Waals surface area contributed by atoms with Crippen LogP contribution in [-0.4, -0.2) is 22.4 Å². The lowest BCUT2D eigenvalue weighted by Crippen LogP contribution is -2.26. The molecule has 0 aliphatic carbocycles. The molecule has 3 rings (SSSR count). The summed E-state index contributed by atoms with van der Waals surface area (Å²) >= 11 is 0. The fourth-order valence-electron chi connectivity index (χ4n) is 2.55. The number of nitrogens with one attached hydrogen (secondary N) is 2. The molecule has 2 aromatic carbocycles. The highest BCUT2D eigenvalue weighted by atomic mass is 19.1. The molecule has 0 atom stereocenters. The van der Waals surface area contributed by atoms with Crippen LogP contribution in [0.2, 0.25) is 0 Å². The Kier molecular flexibility index (Phi) is 4.84. The number of carbonyl (C=O) groups excluding carboxylic acids is 1. The Morgan fingerprint density at radius 3 is 2.58 bits per heavy atom. The highest BCUT2D eigenvalue weighted by Gasteiger charge is 2.06. The Hall–Kier alpha value is -2.76. The van der Waals surface area contributed by atoms with Crippen molar-refractivity contribution in [3.05, 3.63) is 65.5 Å². The number of H-pyrrole nitrogens is 1. The van der Waals surface area contributed by atoms with Gasteiger partial charge in [-0.15, -0.1) is 0 Å². The van der Waals surface area contributed by atoms with Gasteiger partial charge in [0.1, 0.15) is 17.5 Å². The molecule has 124 valence electrons. The van der Waals surface area contributed by atoms with E-state index in [1.165, 1.54) is 12.1 Å². The van der Waals surface area contributed by atoms with Crippen LogP contribution in [0.4, 0.5) is 8.78 Å². The van der Waals surface area contributed by atoms with E-state index < -0.39 is 11.6 Å². The van der Waals surface area contributed by atoms with Gasteiger partial charge >= 0.3 is 0 Å². The van der Waals surface area contributed by atoms with Crippen LogP contribution in [0.15, 0.2) is 42.5 Å². The molecule has 0 saturated heterocycles. The van der Waals surface area contributed by atoms with Gasteiger partial charge in [0.15, 0.2) is 0 Å². The predicted molar refractivity (Wildman–Crippen MR) is 87.5 cm³/mol. The lowest BCUT2D eigenvalue weighted by atomic mass is 10.1. The zero-order chi connectivity index (χ0) is 16.9. The van der Waals surface area contributed by atoms with Crippen LogP contribution in [0.5, 0.6) is 0 Å². The van der Waals surface area contributed by atoms with E-state index in [2.05, 4.69) is 15.3 Å². The SMILES string of the molecule is O=C(CCc1nc2ccccc2[nH]1)NCCc1cc(F)cc(F)c1. The van der Waals surface area contributed by atoms with Crippen LogP contribution >= 0.6 is 0 Å². The molecule has 6 heteroatoms. The lowest BCUT2D eigenvalue weighted by Gasteiger charge is -2.05. The Morgan fingerprint density at radius 1 is 1.08 bits per heavy atom. The van der Waals surface area contributed by atoms with Crippen molar-refractivity contribution in [3.8, 4) is 0 Å².